The molecule has 0 fully saturated rings. The Morgan fingerprint density at radius 3 is 2.94 bits per heavy atom. The maximum atomic E-state index is 10.9. The first-order valence-corrected chi connectivity index (χ1v) is 5.02. The van der Waals surface area contributed by atoms with E-state index in [1.807, 2.05) is 11.9 Å². The van der Waals surface area contributed by atoms with Crippen molar-refractivity contribution in [1.82, 2.24) is 20.8 Å². The van der Waals surface area contributed by atoms with Crippen molar-refractivity contribution in [3.63, 3.8) is 0 Å². The van der Waals surface area contributed by atoms with E-state index in [4.69, 9.17) is 5.26 Å². The number of H-pyrrole nitrogens is 2. The van der Waals surface area contributed by atoms with Crippen molar-refractivity contribution in [3.05, 3.63) is 16.4 Å². The molecule has 17 heavy (non-hydrogen) atoms. The minimum Gasteiger partial charge on any atom is -0.358 e. The number of anilines is 1. The van der Waals surface area contributed by atoms with Crippen molar-refractivity contribution in [2.24, 2.45) is 4.99 Å². The van der Waals surface area contributed by atoms with E-state index in [2.05, 4.69) is 25.8 Å². The quantitative estimate of drug-likeness (QED) is 0.227. The zero-order chi connectivity index (χ0) is 12.7. The molecule has 1 aromatic heterocycles. The van der Waals surface area contributed by atoms with Gasteiger partial charge >= 0.3 is 0 Å². The van der Waals surface area contributed by atoms with Crippen molar-refractivity contribution >= 4 is 11.8 Å². The lowest BCUT2D eigenvalue weighted by Crippen LogP contribution is -2.39. The molecule has 1 aromatic rings. The molecule has 1 rings (SSSR count). The van der Waals surface area contributed by atoms with E-state index in [1.165, 1.54) is 6.07 Å². The largest absolute Gasteiger partial charge is 0.358 e. The molecule has 0 aliphatic heterocycles. The predicted octanol–water partition coefficient (Wildman–Crippen LogP) is -1.21. The molecule has 0 aliphatic rings. The monoisotopic (exact) mass is 237 g/mol. The molecule has 0 bridgehead atoms. The molecule has 0 saturated carbocycles. The summed E-state index contributed by atoms with van der Waals surface area (Å²) in [5, 5.41) is 19.0. The number of hydrogen-bond donors (Lipinski definition) is 4. The average molecular weight is 237 g/mol. The Labute approximate surface area is 98.3 Å². The standard InChI is InChI=1S/C9H15N7O/c1-11-9(13-6-10)12-3-4-16(2)7-5-8(17)15-14-7/h5H,3-4H2,1-2H3,(H2,11,12,13)(H2,14,15,17). The van der Waals surface area contributed by atoms with Gasteiger partial charge in [0.2, 0.25) is 5.96 Å². The van der Waals surface area contributed by atoms with Gasteiger partial charge in [-0.3, -0.25) is 25.3 Å². The number of aromatic nitrogens is 2. The highest BCUT2D eigenvalue weighted by Gasteiger charge is 2.03. The minimum atomic E-state index is -0.165. The molecule has 8 nitrogen and oxygen atoms in total. The molecule has 0 atom stereocenters. The topological polar surface area (TPSA) is 112 Å². The molecule has 0 amide bonds. The fourth-order valence-corrected chi connectivity index (χ4v) is 1.22. The van der Waals surface area contributed by atoms with Crippen LogP contribution in [0.2, 0.25) is 0 Å². The Kier molecular flexibility index (Phi) is 4.62. The van der Waals surface area contributed by atoms with E-state index < -0.39 is 0 Å². The zero-order valence-electron chi connectivity index (χ0n) is 9.74. The molecule has 0 saturated heterocycles. The fraction of sp³-hybridized carbons (Fsp3) is 0.444. The number of aliphatic imine (C=N–C) groups is 1. The summed E-state index contributed by atoms with van der Waals surface area (Å²) in [5.74, 6) is 1.13. The van der Waals surface area contributed by atoms with Crippen molar-refractivity contribution < 1.29 is 0 Å². The van der Waals surface area contributed by atoms with Crippen LogP contribution >= 0.6 is 0 Å². The second kappa shape index (κ2) is 6.22. The van der Waals surface area contributed by atoms with E-state index >= 15 is 0 Å². The Morgan fingerprint density at radius 2 is 2.41 bits per heavy atom. The number of likely N-dealkylation sites (N-methyl/N-ethyl adjacent to an activating group) is 1. The van der Waals surface area contributed by atoms with Gasteiger partial charge in [-0.2, -0.15) is 5.26 Å². The Morgan fingerprint density at radius 1 is 1.65 bits per heavy atom. The summed E-state index contributed by atoms with van der Waals surface area (Å²) in [4.78, 5) is 16.6. The summed E-state index contributed by atoms with van der Waals surface area (Å²) in [5.41, 5.74) is -0.165. The van der Waals surface area contributed by atoms with Crippen molar-refractivity contribution in [2.75, 3.05) is 32.1 Å². The van der Waals surface area contributed by atoms with Gasteiger partial charge in [0.25, 0.3) is 5.56 Å². The second-order valence-corrected chi connectivity index (χ2v) is 3.30. The Bertz CT molecular complexity index is 466. The highest BCUT2D eigenvalue weighted by atomic mass is 16.1. The van der Waals surface area contributed by atoms with E-state index in [1.54, 1.807) is 13.2 Å². The number of nitriles is 1. The second-order valence-electron chi connectivity index (χ2n) is 3.30. The van der Waals surface area contributed by atoms with Gasteiger partial charge in [-0.1, -0.05) is 0 Å². The van der Waals surface area contributed by atoms with Gasteiger partial charge in [-0.15, -0.1) is 0 Å². The smallest absolute Gasteiger partial charge is 0.266 e. The lowest BCUT2D eigenvalue weighted by atomic mass is 10.5. The summed E-state index contributed by atoms with van der Waals surface area (Å²) in [7, 11) is 3.43. The van der Waals surface area contributed by atoms with Crippen molar-refractivity contribution in [3.8, 4) is 6.19 Å². The van der Waals surface area contributed by atoms with Crippen LogP contribution in [0.3, 0.4) is 0 Å². The molecule has 0 spiro atoms. The minimum absolute atomic E-state index is 0.165. The number of nitrogens with zero attached hydrogens (tertiary/aromatic N) is 3. The molecule has 0 aliphatic carbocycles. The lowest BCUT2D eigenvalue weighted by Gasteiger charge is -2.17. The highest BCUT2D eigenvalue weighted by Crippen LogP contribution is 2.01. The molecule has 8 heteroatoms. The Hall–Kier alpha value is -2.43. The van der Waals surface area contributed by atoms with Gasteiger partial charge in [-0.25, -0.2) is 0 Å². The molecular weight excluding hydrogens is 222 g/mol. The summed E-state index contributed by atoms with van der Waals surface area (Å²) in [6.07, 6.45) is 1.78. The maximum absolute atomic E-state index is 10.9. The summed E-state index contributed by atoms with van der Waals surface area (Å²) >= 11 is 0. The van der Waals surface area contributed by atoms with Crippen LogP contribution in [0, 0.1) is 11.5 Å². The molecule has 4 N–H and O–H groups in total. The van der Waals surface area contributed by atoms with E-state index in [0.29, 0.717) is 24.9 Å². The lowest BCUT2D eigenvalue weighted by molar-refractivity contribution is 0.796. The first-order valence-electron chi connectivity index (χ1n) is 5.02. The van der Waals surface area contributed by atoms with Crippen LogP contribution in [0.1, 0.15) is 0 Å². The third-order valence-corrected chi connectivity index (χ3v) is 2.13. The first kappa shape index (κ1) is 12.6. The Balaban J connectivity index is 2.37. The molecular formula is C9H15N7O. The van der Waals surface area contributed by atoms with Crippen LogP contribution in [0.25, 0.3) is 0 Å². The number of guanidine groups is 1. The number of nitrogens with one attached hydrogen (secondary N) is 4. The number of hydrogen-bond acceptors (Lipinski definition) is 4. The molecule has 92 valence electrons. The molecule has 1 heterocycles. The number of rotatable bonds is 4. The maximum Gasteiger partial charge on any atom is 0.266 e. The molecule has 0 aromatic carbocycles. The summed E-state index contributed by atoms with van der Waals surface area (Å²) in [6, 6.07) is 1.47. The summed E-state index contributed by atoms with van der Waals surface area (Å²) < 4.78 is 0. The van der Waals surface area contributed by atoms with Crippen LogP contribution in [-0.2, 0) is 0 Å². The van der Waals surface area contributed by atoms with Gasteiger partial charge in [0.1, 0.15) is 5.82 Å². The van der Waals surface area contributed by atoms with E-state index in [-0.39, 0.29) is 5.56 Å². The van der Waals surface area contributed by atoms with Crippen LogP contribution in [0.5, 0.6) is 0 Å². The van der Waals surface area contributed by atoms with E-state index in [9.17, 15) is 4.79 Å². The van der Waals surface area contributed by atoms with Crippen LogP contribution in [-0.4, -0.2) is 43.3 Å². The van der Waals surface area contributed by atoms with Gasteiger partial charge < -0.3 is 10.2 Å². The molecule has 0 unspecified atom stereocenters. The van der Waals surface area contributed by atoms with Crippen molar-refractivity contribution in [2.45, 2.75) is 0 Å². The molecule has 0 radical (unpaired) electrons. The van der Waals surface area contributed by atoms with Gasteiger partial charge in [-0.05, 0) is 0 Å². The van der Waals surface area contributed by atoms with Gasteiger partial charge in [0.05, 0.1) is 0 Å². The average Bonchev–Trinajstić information content (AvgIpc) is 2.74. The van der Waals surface area contributed by atoms with Crippen molar-refractivity contribution in [1.29, 1.82) is 5.26 Å². The van der Waals surface area contributed by atoms with Crippen LogP contribution in [0.4, 0.5) is 5.82 Å². The number of aromatic amines is 2. The van der Waals surface area contributed by atoms with Gasteiger partial charge in [0, 0.05) is 33.3 Å². The van der Waals surface area contributed by atoms with Crippen LogP contribution in [0.15, 0.2) is 15.9 Å². The van der Waals surface area contributed by atoms with Crippen LogP contribution < -0.4 is 21.1 Å². The predicted molar refractivity (Wildman–Crippen MR) is 64.8 cm³/mol. The fourth-order valence-electron chi connectivity index (χ4n) is 1.22. The van der Waals surface area contributed by atoms with E-state index in [0.717, 1.165) is 0 Å². The third kappa shape index (κ3) is 3.90. The zero-order valence-corrected chi connectivity index (χ0v) is 9.74. The SMILES string of the molecule is CN=C(NC#N)NCCN(C)c1cc(=O)[nH][nH]1. The van der Waals surface area contributed by atoms with Gasteiger partial charge in [0.15, 0.2) is 6.19 Å². The third-order valence-electron chi connectivity index (χ3n) is 2.13. The first-order chi connectivity index (χ1) is 8.17. The normalized spacial score (nSPS) is 10.8. The highest BCUT2D eigenvalue weighted by molar-refractivity contribution is 5.80. The summed E-state index contributed by atoms with van der Waals surface area (Å²) in [6.45, 7) is 1.24.